The lowest BCUT2D eigenvalue weighted by Crippen LogP contribution is -2.30. The van der Waals surface area contributed by atoms with Crippen molar-refractivity contribution in [3.63, 3.8) is 0 Å². The van der Waals surface area contributed by atoms with E-state index in [1.54, 1.807) is 0 Å². The molecule has 3 heteroatoms. The van der Waals surface area contributed by atoms with E-state index in [1.165, 1.54) is 10.8 Å². The smallest absolute Gasteiger partial charge is 0.120 e. The SMILES string of the molecule is CCOC(CN)COc1ccc2ccccc2c1. The van der Waals surface area contributed by atoms with E-state index < -0.39 is 0 Å². The van der Waals surface area contributed by atoms with Gasteiger partial charge in [0.25, 0.3) is 0 Å². The molecule has 18 heavy (non-hydrogen) atoms. The monoisotopic (exact) mass is 245 g/mol. The number of rotatable bonds is 6. The van der Waals surface area contributed by atoms with Gasteiger partial charge in [-0.1, -0.05) is 30.3 Å². The first-order valence-electron chi connectivity index (χ1n) is 6.26. The molecule has 2 aromatic carbocycles. The molecule has 0 saturated heterocycles. The first-order valence-corrected chi connectivity index (χ1v) is 6.26. The summed E-state index contributed by atoms with van der Waals surface area (Å²) in [6.45, 7) is 3.58. The Bertz CT molecular complexity index is 499. The van der Waals surface area contributed by atoms with Gasteiger partial charge in [0.05, 0.1) is 0 Å². The molecule has 3 nitrogen and oxygen atoms in total. The van der Waals surface area contributed by atoms with Crippen molar-refractivity contribution in [1.82, 2.24) is 0 Å². The van der Waals surface area contributed by atoms with Gasteiger partial charge in [-0.2, -0.15) is 0 Å². The van der Waals surface area contributed by atoms with E-state index in [9.17, 15) is 0 Å². The maximum absolute atomic E-state index is 5.71. The number of hydrogen-bond donors (Lipinski definition) is 1. The summed E-state index contributed by atoms with van der Waals surface area (Å²) in [5.41, 5.74) is 5.61. The quantitative estimate of drug-likeness (QED) is 0.850. The Kier molecular flexibility index (Phi) is 4.56. The van der Waals surface area contributed by atoms with Crippen LogP contribution in [0.4, 0.5) is 0 Å². The van der Waals surface area contributed by atoms with E-state index in [0.29, 0.717) is 19.8 Å². The van der Waals surface area contributed by atoms with Crippen LogP contribution in [0.2, 0.25) is 0 Å². The van der Waals surface area contributed by atoms with Crippen molar-refractivity contribution in [2.75, 3.05) is 19.8 Å². The molecule has 0 aliphatic carbocycles. The molecular weight excluding hydrogens is 226 g/mol. The van der Waals surface area contributed by atoms with Crippen molar-refractivity contribution in [2.24, 2.45) is 5.73 Å². The largest absolute Gasteiger partial charge is 0.491 e. The number of benzene rings is 2. The molecule has 0 radical (unpaired) electrons. The second kappa shape index (κ2) is 6.38. The summed E-state index contributed by atoms with van der Waals surface area (Å²) in [5.74, 6) is 0.854. The minimum absolute atomic E-state index is 0.0403. The highest BCUT2D eigenvalue weighted by molar-refractivity contribution is 5.83. The average Bonchev–Trinajstić information content (AvgIpc) is 2.43. The minimum Gasteiger partial charge on any atom is -0.491 e. The molecule has 0 bridgehead atoms. The Morgan fingerprint density at radius 3 is 2.61 bits per heavy atom. The van der Waals surface area contributed by atoms with Crippen LogP contribution in [-0.4, -0.2) is 25.9 Å². The first kappa shape index (κ1) is 12.9. The third-order valence-corrected chi connectivity index (χ3v) is 2.82. The van der Waals surface area contributed by atoms with Gasteiger partial charge in [-0.05, 0) is 29.8 Å². The highest BCUT2D eigenvalue weighted by atomic mass is 16.5. The highest BCUT2D eigenvalue weighted by Gasteiger charge is 2.07. The minimum atomic E-state index is -0.0403. The molecule has 96 valence electrons. The average molecular weight is 245 g/mol. The summed E-state index contributed by atoms with van der Waals surface area (Å²) >= 11 is 0. The number of nitrogens with two attached hydrogens (primary N) is 1. The van der Waals surface area contributed by atoms with E-state index in [0.717, 1.165) is 5.75 Å². The maximum Gasteiger partial charge on any atom is 0.120 e. The van der Waals surface area contributed by atoms with E-state index in [4.69, 9.17) is 15.2 Å². The molecule has 0 spiro atoms. The Balaban J connectivity index is 2.03. The van der Waals surface area contributed by atoms with Gasteiger partial charge in [0.2, 0.25) is 0 Å². The lowest BCUT2D eigenvalue weighted by atomic mass is 10.1. The van der Waals surface area contributed by atoms with Gasteiger partial charge in [0.15, 0.2) is 0 Å². The van der Waals surface area contributed by atoms with Gasteiger partial charge in [-0.25, -0.2) is 0 Å². The van der Waals surface area contributed by atoms with Crippen LogP contribution in [0.25, 0.3) is 10.8 Å². The third-order valence-electron chi connectivity index (χ3n) is 2.82. The summed E-state index contributed by atoms with van der Waals surface area (Å²) in [6.07, 6.45) is -0.0403. The lowest BCUT2D eigenvalue weighted by Gasteiger charge is -2.15. The fraction of sp³-hybridized carbons (Fsp3) is 0.333. The van der Waals surface area contributed by atoms with Crippen LogP contribution in [0, 0.1) is 0 Å². The van der Waals surface area contributed by atoms with E-state index in [2.05, 4.69) is 18.2 Å². The predicted octanol–water partition coefficient (Wildman–Crippen LogP) is 2.58. The zero-order valence-corrected chi connectivity index (χ0v) is 10.6. The Labute approximate surface area is 108 Å². The second-order valence-corrected chi connectivity index (χ2v) is 4.13. The molecule has 0 fully saturated rings. The summed E-state index contributed by atoms with van der Waals surface area (Å²) in [6, 6.07) is 14.3. The fourth-order valence-corrected chi connectivity index (χ4v) is 1.87. The van der Waals surface area contributed by atoms with Gasteiger partial charge in [0.1, 0.15) is 18.5 Å². The Morgan fingerprint density at radius 1 is 1.11 bits per heavy atom. The molecule has 1 unspecified atom stereocenters. The molecule has 0 saturated carbocycles. The molecule has 0 aliphatic heterocycles. The van der Waals surface area contributed by atoms with Crippen molar-refractivity contribution in [3.05, 3.63) is 42.5 Å². The predicted molar refractivity (Wildman–Crippen MR) is 73.9 cm³/mol. The van der Waals surface area contributed by atoms with Crippen molar-refractivity contribution in [3.8, 4) is 5.75 Å². The summed E-state index contributed by atoms with van der Waals surface area (Å²) < 4.78 is 11.2. The lowest BCUT2D eigenvalue weighted by molar-refractivity contribution is 0.0337. The molecule has 2 rings (SSSR count). The summed E-state index contributed by atoms with van der Waals surface area (Å²) in [4.78, 5) is 0. The van der Waals surface area contributed by atoms with Crippen molar-refractivity contribution in [2.45, 2.75) is 13.0 Å². The number of ether oxygens (including phenoxy) is 2. The van der Waals surface area contributed by atoms with Crippen LogP contribution in [0.5, 0.6) is 5.75 Å². The fourth-order valence-electron chi connectivity index (χ4n) is 1.87. The van der Waals surface area contributed by atoms with Crippen LogP contribution >= 0.6 is 0 Å². The Morgan fingerprint density at radius 2 is 1.89 bits per heavy atom. The first-order chi connectivity index (χ1) is 8.83. The van der Waals surface area contributed by atoms with Crippen LogP contribution in [0.1, 0.15) is 6.92 Å². The molecule has 0 heterocycles. The van der Waals surface area contributed by atoms with E-state index in [1.807, 2.05) is 31.2 Å². The summed E-state index contributed by atoms with van der Waals surface area (Å²) in [5, 5.41) is 2.39. The van der Waals surface area contributed by atoms with Gasteiger partial charge in [-0.3, -0.25) is 0 Å². The van der Waals surface area contributed by atoms with Crippen molar-refractivity contribution in [1.29, 1.82) is 0 Å². The second-order valence-electron chi connectivity index (χ2n) is 4.13. The van der Waals surface area contributed by atoms with Gasteiger partial charge in [-0.15, -0.1) is 0 Å². The highest BCUT2D eigenvalue weighted by Crippen LogP contribution is 2.20. The molecule has 0 aliphatic rings. The van der Waals surface area contributed by atoms with Crippen LogP contribution < -0.4 is 10.5 Å². The topological polar surface area (TPSA) is 44.5 Å². The van der Waals surface area contributed by atoms with E-state index in [-0.39, 0.29) is 6.10 Å². The number of hydrogen-bond acceptors (Lipinski definition) is 3. The maximum atomic E-state index is 5.71. The molecule has 1 atom stereocenters. The number of fused-ring (bicyclic) bond motifs is 1. The van der Waals surface area contributed by atoms with Crippen LogP contribution in [0.3, 0.4) is 0 Å². The molecule has 0 amide bonds. The molecule has 2 N–H and O–H groups in total. The van der Waals surface area contributed by atoms with Crippen molar-refractivity contribution >= 4 is 10.8 Å². The zero-order chi connectivity index (χ0) is 12.8. The van der Waals surface area contributed by atoms with Crippen LogP contribution in [0.15, 0.2) is 42.5 Å². The standard InChI is InChI=1S/C15H19NO2/c1-2-17-15(10-16)11-18-14-8-7-12-5-3-4-6-13(12)9-14/h3-9,15H,2,10-11,16H2,1H3. The van der Waals surface area contributed by atoms with Crippen molar-refractivity contribution < 1.29 is 9.47 Å². The van der Waals surface area contributed by atoms with Crippen LogP contribution in [-0.2, 0) is 4.74 Å². The Hall–Kier alpha value is -1.58. The summed E-state index contributed by atoms with van der Waals surface area (Å²) in [7, 11) is 0. The van der Waals surface area contributed by atoms with Gasteiger partial charge < -0.3 is 15.2 Å². The zero-order valence-electron chi connectivity index (χ0n) is 10.6. The van der Waals surface area contributed by atoms with E-state index >= 15 is 0 Å². The molecule has 2 aromatic rings. The van der Waals surface area contributed by atoms with Gasteiger partial charge in [0, 0.05) is 13.2 Å². The molecule has 0 aromatic heterocycles. The van der Waals surface area contributed by atoms with Gasteiger partial charge >= 0.3 is 0 Å². The molecular formula is C15H19NO2. The normalized spacial score (nSPS) is 12.6. The third kappa shape index (κ3) is 3.22.